The van der Waals surface area contributed by atoms with E-state index < -0.39 is 5.97 Å². The molecule has 1 aromatic rings. The summed E-state index contributed by atoms with van der Waals surface area (Å²) in [4.78, 5) is 12.7. The Labute approximate surface area is 125 Å². The molecule has 0 spiro atoms. The molecule has 0 unspecified atom stereocenters. The van der Waals surface area contributed by atoms with Crippen LogP contribution in [-0.4, -0.2) is 47.4 Å². The first kappa shape index (κ1) is 17.2. The Balaban J connectivity index is 3.09. The number of carboxylic acids is 1. The van der Waals surface area contributed by atoms with Crippen molar-refractivity contribution in [3.8, 4) is 5.75 Å². The van der Waals surface area contributed by atoms with E-state index in [1.165, 1.54) is 0 Å². The van der Waals surface area contributed by atoms with E-state index in [1.54, 1.807) is 19.3 Å². The summed E-state index contributed by atoms with van der Waals surface area (Å²) in [5.41, 5.74) is 1.39. The zero-order valence-electron chi connectivity index (χ0n) is 13.0. The lowest BCUT2D eigenvalue weighted by atomic mass is 10.0. The fraction of sp³-hybridized carbons (Fsp3) is 0.438. The SMILES string of the molecule is COc1ccc(/C=C/C(=O)O)c(CN(C)C(C)(C)CO)c1. The van der Waals surface area contributed by atoms with Crippen molar-refractivity contribution in [1.82, 2.24) is 4.90 Å². The van der Waals surface area contributed by atoms with E-state index in [4.69, 9.17) is 9.84 Å². The Bertz CT molecular complexity index is 523. The summed E-state index contributed by atoms with van der Waals surface area (Å²) in [6.45, 7) is 4.50. The van der Waals surface area contributed by atoms with Crippen LogP contribution in [0.3, 0.4) is 0 Å². The lowest BCUT2D eigenvalue weighted by molar-refractivity contribution is -0.131. The van der Waals surface area contributed by atoms with E-state index in [9.17, 15) is 9.90 Å². The molecule has 5 heteroatoms. The molecule has 1 aromatic carbocycles. The molecule has 0 aliphatic rings. The van der Waals surface area contributed by atoms with Crippen LogP contribution in [0.4, 0.5) is 0 Å². The van der Waals surface area contributed by atoms with Crippen molar-refractivity contribution in [3.05, 3.63) is 35.4 Å². The van der Waals surface area contributed by atoms with Gasteiger partial charge in [0.2, 0.25) is 0 Å². The summed E-state index contributed by atoms with van der Waals surface area (Å²) in [5, 5.41) is 18.2. The lowest BCUT2D eigenvalue weighted by Crippen LogP contribution is -2.43. The second-order valence-corrected chi connectivity index (χ2v) is 5.56. The highest BCUT2D eigenvalue weighted by Crippen LogP contribution is 2.23. The molecule has 0 aliphatic carbocycles. The highest BCUT2D eigenvalue weighted by atomic mass is 16.5. The number of hydrogen-bond acceptors (Lipinski definition) is 4. The van der Waals surface area contributed by atoms with Gasteiger partial charge in [0.15, 0.2) is 0 Å². The molecule has 0 aromatic heterocycles. The maximum atomic E-state index is 10.7. The minimum absolute atomic E-state index is 0.0355. The van der Waals surface area contributed by atoms with Crippen molar-refractivity contribution in [1.29, 1.82) is 0 Å². The van der Waals surface area contributed by atoms with Crippen LogP contribution in [0.5, 0.6) is 5.75 Å². The minimum Gasteiger partial charge on any atom is -0.497 e. The smallest absolute Gasteiger partial charge is 0.328 e. The molecule has 1 rings (SSSR count). The largest absolute Gasteiger partial charge is 0.497 e. The van der Waals surface area contributed by atoms with Crippen LogP contribution in [0.25, 0.3) is 6.08 Å². The number of carbonyl (C=O) groups is 1. The predicted octanol–water partition coefficient (Wildman–Crippen LogP) is 2.00. The zero-order valence-corrected chi connectivity index (χ0v) is 13.0. The second kappa shape index (κ2) is 7.24. The van der Waals surface area contributed by atoms with Crippen LogP contribution < -0.4 is 4.74 Å². The van der Waals surface area contributed by atoms with E-state index in [0.29, 0.717) is 12.3 Å². The zero-order chi connectivity index (χ0) is 16.0. The number of benzene rings is 1. The minimum atomic E-state index is -0.985. The quantitative estimate of drug-likeness (QED) is 0.752. The summed E-state index contributed by atoms with van der Waals surface area (Å²) in [6.07, 6.45) is 2.68. The van der Waals surface area contributed by atoms with E-state index >= 15 is 0 Å². The average Bonchev–Trinajstić information content (AvgIpc) is 2.45. The van der Waals surface area contributed by atoms with E-state index in [0.717, 1.165) is 17.2 Å². The number of ether oxygens (including phenoxy) is 1. The Hall–Kier alpha value is -1.85. The monoisotopic (exact) mass is 293 g/mol. The Kier molecular flexibility index (Phi) is 5.93. The number of aliphatic hydroxyl groups is 1. The predicted molar refractivity (Wildman–Crippen MR) is 82.3 cm³/mol. The Morgan fingerprint density at radius 3 is 2.62 bits per heavy atom. The number of hydrogen-bond donors (Lipinski definition) is 2. The van der Waals surface area contributed by atoms with E-state index in [2.05, 4.69) is 0 Å². The molecule has 2 N–H and O–H groups in total. The van der Waals surface area contributed by atoms with Crippen molar-refractivity contribution in [2.24, 2.45) is 0 Å². The van der Waals surface area contributed by atoms with Crippen molar-refractivity contribution in [3.63, 3.8) is 0 Å². The molecule has 0 saturated carbocycles. The number of rotatable bonds is 7. The first-order valence-corrected chi connectivity index (χ1v) is 6.70. The number of methoxy groups -OCH3 is 1. The van der Waals surface area contributed by atoms with Crippen molar-refractivity contribution in [2.75, 3.05) is 20.8 Å². The average molecular weight is 293 g/mol. The van der Waals surface area contributed by atoms with Gasteiger partial charge in [0.05, 0.1) is 13.7 Å². The van der Waals surface area contributed by atoms with Gasteiger partial charge < -0.3 is 14.9 Å². The maximum Gasteiger partial charge on any atom is 0.328 e. The molecule has 0 fully saturated rings. The maximum absolute atomic E-state index is 10.7. The van der Waals surface area contributed by atoms with Crippen LogP contribution in [0.15, 0.2) is 24.3 Å². The normalized spacial score (nSPS) is 12.1. The third-order valence-corrected chi connectivity index (χ3v) is 3.58. The third-order valence-electron chi connectivity index (χ3n) is 3.58. The van der Waals surface area contributed by atoms with E-state index in [-0.39, 0.29) is 12.1 Å². The molecule has 0 heterocycles. The van der Waals surface area contributed by atoms with Gasteiger partial charge in [-0.05, 0) is 50.2 Å². The van der Waals surface area contributed by atoms with Crippen molar-refractivity contribution >= 4 is 12.0 Å². The van der Waals surface area contributed by atoms with Gasteiger partial charge in [-0.1, -0.05) is 6.07 Å². The lowest BCUT2D eigenvalue weighted by Gasteiger charge is -2.34. The molecule has 0 saturated heterocycles. The van der Waals surface area contributed by atoms with Gasteiger partial charge in [-0.25, -0.2) is 4.79 Å². The fourth-order valence-corrected chi connectivity index (χ4v) is 1.76. The summed E-state index contributed by atoms with van der Waals surface area (Å²) >= 11 is 0. The fourth-order valence-electron chi connectivity index (χ4n) is 1.76. The summed E-state index contributed by atoms with van der Waals surface area (Å²) in [7, 11) is 3.51. The highest BCUT2D eigenvalue weighted by molar-refractivity contribution is 5.85. The second-order valence-electron chi connectivity index (χ2n) is 5.56. The van der Waals surface area contributed by atoms with Gasteiger partial charge in [-0.2, -0.15) is 0 Å². The molecule has 0 amide bonds. The summed E-state index contributed by atoms with van der Waals surface area (Å²) in [5.74, 6) is -0.270. The van der Waals surface area contributed by atoms with Gasteiger partial charge in [0.1, 0.15) is 5.75 Å². The van der Waals surface area contributed by atoms with Gasteiger partial charge in [-0.15, -0.1) is 0 Å². The summed E-state index contributed by atoms with van der Waals surface area (Å²) < 4.78 is 5.22. The van der Waals surface area contributed by atoms with Crippen molar-refractivity contribution < 1.29 is 19.7 Å². The highest BCUT2D eigenvalue weighted by Gasteiger charge is 2.23. The van der Waals surface area contributed by atoms with Crippen LogP contribution >= 0.6 is 0 Å². The standard InChI is InChI=1S/C16H23NO4/c1-16(2,11-18)17(3)10-13-9-14(21-4)7-5-12(13)6-8-15(19)20/h5-9,18H,10-11H2,1-4H3,(H,19,20)/b8-6+. The van der Waals surface area contributed by atoms with Crippen LogP contribution in [0, 0.1) is 0 Å². The molecular weight excluding hydrogens is 270 g/mol. The third kappa shape index (κ3) is 4.88. The van der Waals surface area contributed by atoms with Gasteiger partial charge in [-0.3, -0.25) is 4.90 Å². The number of carboxylic acid groups (broad SMARTS) is 1. The number of likely N-dealkylation sites (N-methyl/N-ethyl adjacent to an activating group) is 1. The van der Waals surface area contributed by atoms with Crippen LogP contribution in [0.2, 0.25) is 0 Å². The molecule has 5 nitrogen and oxygen atoms in total. The molecule has 0 radical (unpaired) electrons. The number of nitrogens with zero attached hydrogens (tertiary/aromatic N) is 1. The number of aliphatic carboxylic acids is 1. The van der Waals surface area contributed by atoms with Crippen LogP contribution in [-0.2, 0) is 11.3 Å². The Morgan fingerprint density at radius 1 is 1.43 bits per heavy atom. The molecule has 21 heavy (non-hydrogen) atoms. The molecule has 0 aliphatic heterocycles. The molecule has 0 atom stereocenters. The van der Waals surface area contributed by atoms with E-state index in [1.807, 2.05) is 37.9 Å². The van der Waals surface area contributed by atoms with Crippen molar-refractivity contribution in [2.45, 2.75) is 25.9 Å². The topological polar surface area (TPSA) is 70.0 Å². The van der Waals surface area contributed by atoms with Gasteiger partial charge >= 0.3 is 5.97 Å². The molecule has 116 valence electrons. The molecule has 0 bridgehead atoms. The number of aliphatic hydroxyl groups excluding tert-OH is 1. The van der Waals surface area contributed by atoms with Gasteiger partial charge in [0, 0.05) is 18.2 Å². The van der Waals surface area contributed by atoms with Gasteiger partial charge in [0.25, 0.3) is 0 Å². The first-order chi connectivity index (χ1) is 9.80. The van der Waals surface area contributed by atoms with Crippen LogP contribution in [0.1, 0.15) is 25.0 Å². The summed E-state index contributed by atoms with van der Waals surface area (Å²) in [6, 6.07) is 5.50. The first-order valence-electron chi connectivity index (χ1n) is 6.70. The molecular formula is C16H23NO4. The Morgan fingerprint density at radius 2 is 2.10 bits per heavy atom.